The Balaban J connectivity index is 1.99. The second-order valence-electron chi connectivity index (χ2n) is 4.00. The molecule has 4 N–H and O–H groups in total. The van der Waals surface area contributed by atoms with Crippen LogP contribution < -0.4 is 11.1 Å². The maximum absolute atomic E-state index is 6.63. The molecule has 0 spiro atoms. The van der Waals surface area contributed by atoms with Crippen molar-refractivity contribution in [2.45, 2.75) is 6.54 Å². The number of hydrogen-bond donors (Lipinski definition) is 3. The zero-order chi connectivity index (χ0) is 13.5. The van der Waals surface area contributed by atoms with Crippen molar-refractivity contribution in [3.05, 3.63) is 65.7 Å². The molecule has 0 atom stereocenters. The minimum atomic E-state index is 0.240. The first-order valence-corrected chi connectivity index (χ1v) is 5.88. The van der Waals surface area contributed by atoms with Gasteiger partial charge >= 0.3 is 0 Å². The Bertz CT molecular complexity index is 560. The van der Waals surface area contributed by atoms with Crippen LogP contribution in [0.15, 0.2) is 64.9 Å². The van der Waals surface area contributed by atoms with Crippen LogP contribution in [0.1, 0.15) is 11.1 Å². The van der Waals surface area contributed by atoms with Gasteiger partial charge in [-0.15, -0.1) is 5.10 Å². The molecule has 0 unspecified atom stereocenters. The second-order valence-corrected chi connectivity index (χ2v) is 4.00. The Morgan fingerprint density at radius 1 is 1.05 bits per heavy atom. The van der Waals surface area contributed by atoms with Crippen LogP contribution >= 0.6 is 0 Å². The molecule has 19 heavy (non-hydrogen) atoms. The highest BCUT2D eigenvalue weighted by atomic mass is 15.3. The summed E-state index contributed by atoms with van der Waals surface area (Å²) in [6.45, 7) is 0.770. The molecule has 5 nitrogen and oxygen atoms in total. The van der Waals surface area contributed by atoms with Crippen LogP contribution in [-0.4, -0.2) is 5.84 Å². The molecule has 96 valence electrons. The van der Waals surface area contributed by atoms with Crippen LogP contribution in [0.4, 0.5) is 5.69 Å². The molecule has 2 rings (SSSR count). The third kappa shape index (κ3) is 3.64. The molecule has 0 fully saturated rings. The van der Waals surface area contributed by atoms with Gasteiger partial charge in [0.1, 0.15) is 0 Å². The number of nitrogens with zero attached hydrogens (tertiary/aromatic N) is 2. The van der Waals surface area contributed by atoms with Crippen LogP contribution in [-0.2, 0) is 6.54 Å². The molecule has 0 saturated heterocycles. The summed E-state index contributed by atoms with van der Waals surface area (Å²) in [5, 5.41) is 9.71. The quantitative estimate of drug-likeness (QED) is 0.331. The molecule has 0 aliphatic carbocycles. The minimum Gasteiger partial charge on any atom is -0.382 e. The molecule has 2 aromatic rings. The summed E-state index contributed by atoms with van der Waals surface area (Å²) in [6, 6.07) is 17.7. The van der Waals surface area contributed by atoms with Crippen molar-refractivity contribution in [2.24, 2.45) is 16.1 Å². The monoisotopic (exact) mass is 253 g/mol. The lowest BCUT2D eigenvalue weighted by Crippen LogP contribution is -2.12. The number of rotatable bonds is 5. The normalized spacial score (nSPS) is 11.1. The topological polar surface area (TPSA) is 86.6 Å². The van der Waals surface area contributed by atoms with Crippen molar-refractivity contribution < 1.29 is 0 Å². The van der Waals surface area contributed by atoms with Gasteiger partial charge in [0, 0.05) is 17.8 Å². The van der Waals surface area contributed by atoms with Crippen molar-refractivity contribution in [2.75, 3.05) is 5.32 Å². The Hall–Kier alpha value is -2.69. The molecule has 0 radical (unpaired) electrons. The molecule has 0 aromatic heterocycles. The van der Waals surface area contributed by atoms with Crippen molar-refractivity contribution >= 4 is 11.5 Å². The van der Waals surface area contributed by atoms with Gasteiger partial charge in [0.05, 0.1) is 0 Å². The Morgan fingerprint density at radius 3 is 2.37 bits per heavy atom. The van der Waals surface area contributed by atoms with E-state index in [9.17, 15) is 0 Å². The third-order valence-corrected chi connectivity index (χ3v) is 2.68. The van der Waals surface area contributed by atoms with Crippen LogP contribution in [0.2, 0.25) is 0 Å². The number of hydrogen-bond acceptors (Lipinski definition) is 3. The first-order chi connectivity index (χ1) is 9.29. The average Bonchev–Trinajstić information content (AvgIpc) is 2.47. The number of anilines is 1. The van der Waals surface area contributed by atoms with Gasteiger partial charge < -0.3 is 11.1 Å². The van der Waals surface area contributed by atoms with E-state index in [1.54, 1.807) is 0 Å². The van der Waals surface area contributed by atoms with E-state index in [0.29, 0.717) is 0 Å². The minimum absolute atomic E-state index is 0.240. The molecule has 0 bridgehead atoms. The summed E-state index contributed by atoms with van der Waals surface area (Å²) in [7, 11) is 0. The molecule has 0 saturated carbocycles. The summed E-state index contributed by atoms with van der Waals surface area (Å²) >= 11 is 0. The number of nitrogens with one attached hydrogen (secondary N) is 2. The van der Waals surface area contributed by atoms with E-state index in [4.69, 9.17) is 11.3 Å². The zero-order valence-electron chi connectivity index (χ0n) is 10.4. The fourth-order valence-electron chi connectivity index (χ4n) is 1.67. The van der Waals surface area contributed by atoms with E-state index in [1.165, 1.54) is 5.56 Å². The van der Waals surface area contributed by atoms with E-state index < -0.39 is 0 Å². The third-order valence-electron chi connectivity index (χ3n) is 2.68. The molecule has 0 heterocycles. The Morgan fingerprint density at radius 2 is 1.74 bits per heavy atom. The predicted octanol–water partition coefficient (Wildman–Crippen LogP) is 2.95. The number of nitrogens with two attached hydrogens (primary N) is 1. The van der Waals surface area contributed by atoms with Gasteiger partial charge in [0.25, 0.3) is 0 Å². The van der Waals surface area contributed by atoms with E-state index in [2.05, 4.69) is 27.8 Å². The van der Waals surface area contributed by atoms with E-state index in [-0.39, 0.29) is 5.84 Å². The lowest BCUT2D eigenvalue weighted by molar-refractivity contribution is 0.986. The second kappa shape index (κ2) is 6.30. The van der Waals surface area contributed by atoms with Gasteiger partial charge in [-0.05, 0) is 29.8 Å². The standard InChI is InChI=1S/C14H15N5/c15-14(18-19-16)12-6-8-13(9-7-12)17-10-11-4-2-1-3-5-11/h1-9,17H,10H2,(H3,15,16,18). The molecule has 0 aliphatic rings. The first kappa shape index (κ1) is 12.8. The lowest BCUT2D eigenvalue weighted by Gasteiger charge is -2.07. The summed E-state index contributed by atoms with van der Waals surface area (Å²) in [5.41, 5.74) is 15.2. The molecule has 0 amide bonds. The van der Waals surface area contributed by atoms with Crippen molar-refractivity contribution in [1.29, 1.82) is 5.53 Å². The summed E-state index contributed by atoms with van der Waals surface area (Å²) in [5.74, 6) is 0.240. The van der Waals surface area contributed by atoms with Gasteiger partial charge in [-0.25, -0.2) is 0 Å². The van der Waals surface area contributed by atoms with Crippen LogP contribution in [0, 0.1) is 5.53 Å². The van der Waals surface area contributed by atoms with Crippen LogP contribution in [0.5, 0.6) is 0 Å². The first-order valence-electron chi connectivity index (χ1n) is 5.88. The summed E-state index contributed by atoms with van der Waals surface area (Å²) in [4.78, 5) is 0. The maximum atomic E-state index is 6.63. The fourth-order valence-corrected chi connectivity index (χ4v) is 1.67. The highest BCUT2D eigenvalue weighted by Gasteiger charge is 1.99. The molecular weight excluding hydrogens is 238 g/mol. The van der Waals surface area contributed by atoms with E-state index >= 15 is 0 Å². The molecular formula is C14H15N5. The lowest BCUT2D eigenvalue weighted by atomic mass is 10.2. The van der Waals surface area contributed by atoms with Gasteiger partial charge in [0.2, 0.25) is 0 Å². The molecule has 2 aromatic carbocycles. The van der Waals surface area contributed by atoms with Gasteiger partial charge in [0.15, 0.2) is 5.84 Å². The smallest absolute Gasteiger partial charge is 0.155 e. The van der Waals surface area contributed by atoms with Crippen LogP contribution in [0.25, 0.3) is 0 Å². The zero-order valence-corrected chi connectivity index (χ0v) is 10.4. The Kier molecular flexibility index (Phi) is 4.23. The van der Waals surface area contributed by atoms with Gasteiger partial charge in [-0.1, -0.05) is 35.6 Å². The van der Waals surface area contributed by atoms with E-state index in [0.717, 1.165) is 17.8 Å². The predicted molar refractivity (Wildman–Crippen MR) is 76.1 cm³/mol. The summed E-state index contributed by atoms with van der Waals surface area (Å²) < 4.78 is 0. The average molecular weight is 253 g/mol. The summed E-state index contributed by atoms with van der Waals surface area (Å²) in [6.07, 6.45) is 0. The van der Waals surface area contributed by atoms with Crippen molar-refractivity contribution in [3.63, 3.8) is 0 Å². The number of amidine groups is 1. The molecule has 0 aliphatic heterocycles. The van der Waals surface area contributed by atoms with Gasteiger partial charge in [-0.2, -0.15) is 5.53 Å². The molecule has 5 heteroatoms. The van der Waals surface area contributed by atoms with E-state index in [1.807, 2.05) is 42.5 Å². The van der Waals surface area contributed by atoms with Crippen molar-refractivity contribution in [3.8, 4) is 0 Å². The highest BCUT2D eigenvalue weighted by Crippen LogP contribution is 2.11. The maximum Gasteiger partial charge on any atom is 0.155 e. The number of benzene rings is 2. The Labute approximate surface area is 111 Å². The highest BCUT2D eigenvalue weighted by molar-refractivity contribution is 5.97. The van der Waals surface area contributed by atoms with Gasteiger partial charge in [-0.3, -0.25) is 0 Å². The van der Waals surface area contributed by atoms with Crippen molar-refractivity contribution in [1.82, 2.24) is 0 Å². The largest absolute Gasteiger partial charge is 0.382 e. The van der Waals surface area contributed by atoms with Crippen LogP contribution in [0.3, 0.4) is 0 Å². The SMILES string of the molecule is N=NN=C(N)c1ccc(NCc2ccccc2)cc1. The fraction of sp³-hybridized carbons (Fsp3) is 0.0714.